The van der Waals surface area contributed by atoms with Gasteiger partial charge >= 0.3 is 0 Å². The molecule has 0 aliphatic carbocycles. The molecule has 0 saturated carbocycles. The fourth-order valence-electron chi connectivity index (χ4n) is 1.48. The summed E-state index contributed by atoms with van der Waals surface area (Å²) in [4.78, 5) is 10.1. The molecular formula is C13H9BrFNO3. The van der Waals surface area contributed by atoms with E-state index in [1.807, 2.05) is 0 Å². The Labute approximate surface area is 117 Å². The summed E-state index contributed by atoms with van der Waals surface area (Å²) in [6.07, 6.45) is 0. The SMILES string of the molecule is O=[N+]([O-])c1ccc(COc2cccc(F)c2)c(Br)c1. The molecule has 0 bridgehead atoms. The average molecular weight is 326 g/mol. The number of rotatable bonds is 4. The molecule has 0 aliphatic rings. The summed E-state index contributed by atoms with van der Waals surface area (Å²) < 4.78 is 18.9. The molecule has 98 valence electrons. The quantitative estimate of drug-likeness (QED) is 0.628. The Hall–Kier alpha value is -1.95. The van der Waals surface area contributed by atoms with E-state index in [9.17, 15) is 14.5 Å². The van der Waals surface area contributed by atoms with Gasteiger partial charge in [0.1, 0.15) is 18.2 Å². The number of non-ortho nitro benzene ring substituents is 1. The zero-order valence-corrected chi connectivity index (χ0v) is 11.3. The van der Waals surface area contributed by atoms with Crippen molar-refractivity contribution in [1.82, 2.24) is 0 Å². The van der Waals surface area contributed by atoms with Gasteiger partial charge in [0, 0.05) is 28.2 Å². The minimum absolute atomic E-state index is 0.00128. The molecule has 0 amide bonds. The molecule has 6 heteroatoms. The normalized spacial score (nSPS) is 10.2. The van der Waals surface area contributed by atoms with Crippen molar-refractivity contribution in [3.05, 3.63) is 68.4 Å². The van der Waals surface area contributed by atoms with E-state index < -0.39 is 4.92 Å². The molecule has 0 aliphatic heterocycles. The van der Waals surface area contributed by atoms with Gasteiger partial charge in [0.15, 0.2) is 0 Å². The van der Waals surface area contributed by atoms with Gasteiger partial charge in [-0.2, -0.15) is 0 Å². The van der Waals surface area contributed by atoms with Gasteiger partial charge < -0.3 is 4.74 Å². The zero-order chi connectivity index (χ0) is 13.8. The predicted octanol–water partition coefficient (Wildman–Crippen LogP) is 4.08. The van der Waals surface area contributed by atoms with Crippen molar-refractivity contribution in [2.45, 2.75) is 6.61 Å². The van der Waals surface area contributed by atoms with Crippen LogP contribution in [-0.2, 0) is 6.61 Å². The van der Waals surface area contributed by atoms with Crippen LogP contribution in [0.2, 0.25) is 0 Å². The third-order valence-corrected chi connectivity index (χ3v) is 3.18. The minimum Gasteiger partial charge on any atom is -0.489 e. The number of hydrogen-bond donors (Lipinski definition) is 0. The number of hydrogen-bond acceptors (Lipinski definition) is 3. The van der Waals surface area contributed by atoms with E-state index in [1.54, 1.807) is 18.2 Å². The van der Waals surface area contributed by atoms with Crippen LogP contribution in [0.25, 0.3) is 0 Å². The van der Waals surface area contributed by atoms with Crippen LogP contribution in [0.1, 0.15) is 5.56 Å². The topological polar surface area (TPSA) is 52.4 Å². The first kappa shape index (κ1) is 13.5. The van der Waals surface area contributed by atoms with Crippen molar-refractivity contribution in [3.63, 3.8) is 0 Å². The smallest absolute Gasteiger partial charge is 0.270 e. The number of nitro benzene ring substituents is 1. The Bertz CT molecular complexity index is 619. The van der Waals surface area contributed by atoms with Gasteiger partial charge in [-0.15, -0.1) is 0 Å². The Balaban J connectivity index is 2.10. The summed E-state index contributed by atoms with van der Waals surface area (Å²) in [5.74, 6) is 0.0329. The molecule has 2 aromatic rings. The molecule has 2 aromatic carbocycles. The molecule has 4 nitrogen and oxygen atoms in total. The van der Waals surface area contributed by atoms with E-state index in [-0.39, 0.29) is 18.1 Å². The first-order valence-electron chi connectivity index (χ1n) is 5.37. The number of nitro groups is 1. The second-order valence-electron chi connectivity index (χ2n) is 3.78. The van der Waals surface area contributed by atoms with Gasteiger partial charge in [0.05, 0.1) is 4.92 Å². The fraction of sp³-hybridized carbons (Fsp3) is 0.0769. The van der Waals surface area contributed by atoms with Crippen LogP contribution in [0.4, 0.5) is 10.1 Å². The molecule has 0 aromatic heterocycles. The van der Waals surface area contributed by atoms with E-state index in [0.29, 0.717) is 10.2 Å². The van der Waals surface area contributed by atoms with Gasteiger partial charge in [0.25, 0.3) is 5.69 Å². The number of benzene rings is 2. The van der Waals surface area contributed by atoms with E-state index in [4.69, 9.17) is 4.74 Å². The highest BCUT2D eigenvalue weighted by atomic mass is 79.9. The van der Waals surface area contributed by atoms with Crippen molar-refractivity contribution in [3.8, 4) is 5.75 Å². The molecule has 0 fully saturated rings. The minimum atomic E-state index is -0.470. The van der Waals surface area contributed by atoms with Gasteiger partial charge in [-0.3, -0.25) is 10.1 Å². The van der Waals surface area contributed by atoms with Crippen LogP contribution in [0, 0.1) is 15.9 Å². The monoisotopic (exact) mass is 325 g/mol. The predicted molar refractivity (Wildman–Crippen MR) is 71.5 cm³/mol. The molecule has 0 N–H and O–H groups in total. The molecule has 2 rings (SSSR count). The summed E-state index contributed by atoms with van der Waals surface area (Å²) in [5, 5.41) is 10.6. The van der Waals surface area contributed by atoms with Gasteiger partial charge in [0.2, 0.25) is 0 Å². The van der Waals surface area contributed by atoms with Crippen LogP contribution < -0.4 is 4.74 Å². The average Bonchev–Trinajstić information content (AvgIpc) is 2.37. The van der Waals surface area contributed by atoms with Crippen molar-refractivity contribution in [1.29, 1.82) is 0 Å². The lowest BCUT2D eigenvalue weighted by atomic mass is 10.2. The summed E-state index contributed by atoms with van der Waals surface area (Å²) in [6.45, 7) is 0.196. The summed E-state index contributed by atoms with van der Waals surface area (Å²) in [5.41, 5.74) is 0.747. The third kappa shape index (κ3) is 3.51. The maximum Gasteiger partial charge on any atom is 0.270 e. The van der Waals surface area contributed by atoms with E-state index in [2.05, 4.69) is 15.9 Å². The summed E-state index contributed by atoms with van der Waals surface area (Å²) >= 11 is 3.24. The lowest BCUT2D eigenvalue weighted by Crippen LogP contribution is -1.98. The van der Waals surface area contributed by atoms with Crippen molar-refractivity contribution in [2.75, 3.05) is 0 Å². The zero-order valence-electron chi connectivity index (χ0n) is 9.68. The molecule has 0 saturated heterocycles. The summed E-state index contributed by atoms with van der Waals surface area (Å²) in [6, 6.07) is 10.2. The van der Waals surface area contributed by atoms with Crippen LogP contribution >= 0.6 is 15.9 Å². The number of halogens is 2. The van der Waals surface area contributed by atoms with Crippen LogP contribution in [0.15, 0.2) is 46.9 Å². The third-order valence-electron chi connectivity index (χ3n) is 2.44. The van der Waals surface area contributed by atoms with Gasteiger partial charge in [-0.25, -0.2) is 4.39 Å². The van der Waals surface area contributed by atoms with E-state index >= 15 is 0 Å². The molecule has 0 unspecified atom stereocenters. The Kier molecular flexibility index (Phi) is 4.11. The van der Waals surface area contributed by atoms with Gasteiger partial charge in [-0.1, -0.05) is 22.0 Å². The summed E-state index contributed by atoms with van der Waals surface area (Å²) in [7, 11) is 0. The second-order valence-corrected chi connectivity index (χ2v) is 4.63. The Morgan fingerprint density at radius 3 is 2.68 bits per heavy atom. The van der Waals surface area contributed by atoms with Crippen molar-refractivity contribution in [2.24, 2.45) is 0 Å². The fourth-order valence-corrected chi connectivity index (χ4v) is 1.97. The molecule has 0 atom stereocenters. The first-order chi connectivity index (χ1) is 9.06. The number of ether oxygens (including phenoxy) is 1. The Morgan fingerprint density at radius 1 is 1.26 bits per heavy atom. The molecule has 0 heterocycles. The molecule has 19 heavy (non-hydrogen) atoms. The van der Waals surface area contributed by atoms with Gasteiger partial charge in [-0.05, 0) is 18.2 Å². The maximum atomic E-state index is 12.9. The van der Waals surface area contributed by atoms with Crippen LogP contribution in [0.3, 0.4) is 0 Å². The highest BCUT2D eigenvalue weighted by Gasteiger charge is 2.09. The lowest BCUT2D eigenvalue weighted by molar-refractivity contribution is -0.384. The van der Waals surface area contributed by atoms with Crippen molar-refractivity contribution < 1.29 is 14.1 Å². The van der Waals surface area contributed by atoms with E-state index in [1.165, 1.54) is 24.3 Å². The van der Waals surface area contributed by atoms with E-state index in [0.717, 1.165) is 5.56 Å². The highest BCUT2D eigenvalue weighted by Crippen LogP contribution is 2.24. The molecule has 0 spiro atoms. The maximum absolute atomic E-state index is 12.9. The lowest BCUT2D eigenvalue weighted by Gasteiger charge is -2.07. The largest absolute Gasteiger partial charge is 0.489 e. The molecule has 0 radical (unpaired) electrons. The van der Waals surface area contributed by atoms with Crippen LogP contribution in [-0.4, -0.2) is 4.92 Å². The van der Waals surface area contributed by atoms with Crippen molar-refractivity contribution >= 4 is 21.6 Å². The number of nitrogens with zero attached hydrogens (tertiary/aromatic N) is 1. The second kappa shape index (κ2) is 5.79. The first-order valence-corrected chi connectivity index (χ1v) is 6.17. The standard InChI is InChI=1S/C13H9BrFNO3/c14-13-7-11(16(17)18)5-4-9(13)8-19-12-3-1-2-10(15)6-12/h1-7H,8H2. The highest BCUT2D eigenvalue weighted by molar-refractivity contribution is 9.10. The van der Waals surface area contributed by atoms with Crippen LogP contribution in [0.5, 0.6) is 5.75 Å². The Morgan fingerprint density at radius 2 is 2.05 bits per heavy atom. The molecular weight excluding hydrogens is 317 g/mol.